The quantitative estimate of drug-likeness (QED) is 0.567. The number of thiocarbonyl (C=S) groups is 1. The van der Waals surface area contributed by atoms with Crippen molar-refractivity contribution in [3.8, 4) is 6.07 Å². The zero-order chi connectivity index (χ0) is 15.2. The number of nitrogens with one attached hydrogen (secondary N) is 3. The van der Waals surface area contributed by atoms with Gasteiger partial charge in [-0.1, -0.05) is 0 Å². The Morgan fingerprint density at radius 3 is 2.80 bits per heavy atom. The first-order valence-corrected chi connectivity index (χ1v) is 7.52. The second kappa shape index (κ2) is 7.22. The van der Waals surface area contributed by atoms with Crippen LogP contribution in [-0.4, -0.2) is 23.6 Å². The number of amides is 1. The van der Waals surface area contributed by atoms with Gasteiger partial charge >= 0.3 is 0 Å². The maximum atomic E-state index is 12.3. The molecule has 0 spiro atoms. The van der Waals surface area contributed by atoms with E-state index in [0.29, 0.717) is 5.11 Å². The minimum absolute atomic E-state index is 0.0371. The topological polar surface area (TPSA) is 76.9 Å². The van der Waals surface area contributed by atoms with Crippen LogP contribution in [0.5, 0.6) is 0 Å². The molecule has 1 atom stereocenters. The Labute approximate surface area is 128 Å². The van der Waals surface area contributed by atoms with E-state index >= 15 is 0 Å². The highest BCUT2D eigenvalue weighted by atomic mass is 32.1. The summed E-state index contributed by atoms with van der Waals surface area (Å²) in [7, 11) is 0. The standard InChI is InChI=1S/C13H18N4OS2/c1-9(2)16-12(19)17-13(3,10-4-7-20-8-10)11(18)15-6-5-14/h4,7-9H,6H2,1-3H3,(H,15,18)(H2,16,17,19). The molecule has 0 bridgehead atoms. The Morgan fingerprint density at radius 1 is 1.60 bits per heavy atom. The van der Waals surface area contributed by atoms with Gasteiger partial charge in [-0.2, -0.15) is 16.6 Å². The van der Waals surface area contributed by atoms with E-state index in [2.05, 4.69) is 16.0 Å². The van der Waals surface area contributed by atoms with E-state index in [1.807, 2.05) is 36.7 Å². The maximum absolute atomic E-state index is 12.3. The highest BCUT2D eigenvalue weighted by Gasteiger charge is 2.36. The third-order valence-corrected chi connectivity index (χ3v) is 3.57. The van der Waals surface area contributed by atoms with Gasteiger partial charge < -0.3 is 16.0 Å². The van der Waals surface area contributed by atoms with Gasteiger partial charge in [0.05, 0.1) is 6.07 Å². The molecule has 108 valence electrons. The van der Waals surface area contributed by atoms with Crippen molar-refractivity contribution in [2.75, 3.05) is 6.54 Å². The van der Waals surface area contributed by atoms with Crippen molar-refractivity contribution in [2.45, 2.75) is 32.4 Å². The van der Waals surface area contributed by atoms with Crippen LogP contribution in [0, 0.1) is 11.3 Å². The number of rotatable bonds is 5. The molecule has 20 heavy (non-hydrogen) atoms. The van der Waals surface area contributed by atoms with Crippen molar-refractivity contribution in [2.24, 2.45) is 0 Å². The Kier molecular flexibility index (Phi) is 5.92. The predicted octanol–water partition coefficient (Wildman–Crippen LogP) is 1.48. The molecule has 0 fully saturated rings. The second-order valence-electron chi connectivity index (χ2n) is 4.73. The van der Waals surface area contributed by atoms with Crippen molar-refractivity contribution in [1.29, 1.82) is 5.26 Å². The lowest BCUT2D eigenvalue weighted by atomic mass is 9.93. The summed E-state index contributed by atoms with van der Waals surface area (Å²) in [6.07, 6.45) is 0. The van der Waals surface area contributed by atoms with Crippen LogP contribution in [-0.2, 0) is 10.3 Å². The number of carbonyl (C=O) groups is 1. The average molecular weight is 310 g/mol. The summed E-state index contributed by atoms with van der Waals surface area (Å²) in [4.78, 5) is 12.3. The molecule has 1 aromatic rings. The van der Waals surface area contributed by atoms with E-state index in [1.165, 1.54) is 11.3 Å². The Balaban J connectivity index is 2.94. The number of nitrogens with zero attached hydrogens (tertiary/aromatic N) is 1. The van der Waals surface area contributed by atoms with Gasteiger partial charge in [-0.15, -0.1) is 0 Å². The summed E-state index contributed by atoms with van der Waals surface area (Å²) in [5.41, 5.74) is -0.193. The molecule has 1 rings (SSSR count). The number of hydrogen-bond acceptors (Lipinski definition) is 4. The smallest absolute Gasteiger partial charge is 0.250 e. The van der Waals surface area contributed by atoms with E-state index in [-0.39, 0.29) is 18.5 Å². The molecule has 1 unspecified atom stereocenters. The number of thiophene rings is 1. The van der Waals surface area contributed by atoms with Crippen molar-refractivity contribution >= 4 is 34.6 Å². The summed E-state index contributed by atoms with van der Waals surface area (Å²) in [5, 5.41) is 21.4. The highest BCUT2D eigenvalue weighted by Crippen LogP contribution is 2.23. The van der Waals surface area contributed by atoms with E-state index in [9.17, 15) is 4.79 Å². The van der Waals surface area contributed by atoms with E-state index in [4.69, 9.17) is 17.5 Å². The molecule has 0 aliphatic carbocycles. The molecule has 1 heterocycles. The van der Waals surface area contributed by atoms with Gasteiger partial charge in [0.25, 0.3) is 5.91 Å². The van der Waals surface area contributed by atoms with Gasteiger partial charge in [0, 0.05) is 6.04 Å². The zero-order valence-corrected chi connectivity index (χ0v) is 13.3. The molecule has 1 aromatic heterocycles. The lowest BCUT2D eigenvalue weighted by molar-refractivity contribution is -0.126. The number of hydrogen-bond donors (Lipinski definition) is 3. The van der Waals surface area contributed by atoms with Gasteiger partial charge in [0.15, 0.2) is 5.11 Å². The molecule has 1 amide bonds. The first-order valence-electron chi connectivity index (χ1n) is 6.16. The minimum Gasteiger partial charge on any atom is -0.361 e. The van der Waals surface area contributed by atoms with Gasteiger partial charge in [-0.3, -0.25) is 4.79 Å². The Morgan fingerprint density at radius 2 is 2.30 bits per heavy atom. The third kappa shape index (κ3) is 4.18. The molecule has 0 saturated carbocycles. The van der Waals surface area contributed by atoms with Crippen molar-refractivity contribution < 1.29 is 4.79 Å². The Hall–Kier alpha value is -1.65. The molecule has 0 saturated heterocycles. The first kappa shape index (κ1) is 16.4. The van der Waals surface area contributed by atoms with Gasteiger partial charge in [-0.05, 0) is 55.4 Å². The number of carbonyl (C=O) groups excluding carboxylic acids is 1. The van der Waals surface area contributed by atoms with Crippen LogP contribution in [0.15, 0.2) is 16.8 Å². The normalized spacial score (nSPS) is 13.2. The lowest BCUT2D eigenvalue weighted by Crippen LogP contribution is -2.57. The Bertz CT molecular complexity index is 507. The zero-order valence-electron chi connectivity index (χ0n) is 11.7. The van der Waals surface area contributed by atoms with Gasteiger partial charge in [0.1, 0.15) is 12.1 Å². The molecule has 7 heteroatoms. The summed E-state index contributed by atoms with van der Waals surface area (Å²) in [6.45, 7) is 5.64. The molecular weight excluding hydrogens is 292 g/mol. The molecule has 3 N–H and O–H groups in total. The molecule has 0 aliphatic rings. The summed E-state index contributed by atoms with van der Waals surface area (Å²) in [5.74, 6) is -0.287. The summed E-state index contributed by atoms with van der Waals surface area (Å²) in [6, 6.07) is 3.93. The van der Waals surface area contributed by atoms with Crippen LogP contribution < -0.4 is 16.0 Å². The van der Waals surface area contributed by atoms with Gasteiger partial charge in [0.2, 0.25) is 0 Å². The van der Waals surface area contributed by atoms with E-state index < -0.39 is 5.54 Å². The average Bonchev–Trinajstić information content (AvgIpc) is 2.88. The summed E-state index contributed by atoms with van der Waals surface area (Å²) < 4.78 is 0. The molecule has 0 aliphatic heterocycles. The van der Waals surface area contributed by atoms with E-state index in [0.717, 1.165) is 5.56 Å². The first-order chi connectivity index (χ1) is 9.40. The molecule has 0 radical (unpaired) electrons. The van der Waals surface area contributed by atoms with Crippen molar-refractivity contribution in [3.05, 3.63) is 22.4 Å². The fraction of sp³-hybridized carbons (Fsp3) is 0.462. The van der Waals surface area contributed by atoms with Crippen LogP contribution in [0.3, 0.4) is 0 Å². The van der Waals surface area contributed by atoms with Crippen LogP contribution >= 0.6 is 23.6 Å². The molecular formula is C13H18N4OS2. The second-order valence-corrected chi connectivity index (χ2v) is 5.92. The van der Waals surface area contributed by atoms with Crippen LogP contribution in [0.1, 0.15) is 26.3 Å². The third-order valence-electron chi connectivity index (χ3n) is 2.66. The van der Waals surface area contributed by atoms with Crippen molar-refractivity contribution in [3.63, 3.8) is 0 Å². The fourth-order valence-corrected chi connectivity index (χ4v) is 2.84. The maximum Gasteiger partial charge on any atom is 0.250 e. The van der Waals surface area contributed by atoms with Gasteiger partial charge in [-0.25, -0.2) is 0 Å². The molecule has 5 nitrogen and oxygen atoms in total. The largest absolute Gasteiger partial charge is 0.361 e. The minimum atomic E-state index is -1.00. The van der Waals surface area contributed by atoms with E-state index in [1.54, 1.807) is 6.92 Å². The monoisotopic (exact) mass is 310 g/mol. The molecule has 0 aromatic carbocycles. The van der Waals surface area contributed by atoms with Crippen LogP contribution in [0.2, 0.25) is 0 Å². The highest BCUT2D eigenvalue weighted by molar-refractivity contribution is 7.80. The summed E-state index contributed by atoms with van der Waals surface area (Å²) >= 11 is 6.72. The predicted molar refractivity (Wildman–Crippen MR) is 84.3 cm³/mol. The van der Waals surface area contributed by atoms with Crippen molar-refractivity contribution in [1.82, 2.24) is 16.0 Å². The number of nitriles is 1. The lowest BCUT2D eigenvalue weighted by Gasteiger charge is -2.30. The SMILES string of the molecule is CC(C)NC(=S)NC(C)(C(=O)NCC#N)c1ccsc1. The van der Waals surface area contributed by atoms with Crippen LogP contribution in [0.4, 0.5) is 0 Å². The fourth-order valence-electron chi connectivity index (χ4n) is 1.63. The van der Waals surface area contributed by atoms with Crippen LogP contribution in [0.25, 0.3) is 0 Å².